The van der Waals surface area contributed by atoms with E-state index in [4.69, 9.17) is 0 Å². The molecule has 0 aliphatic carbocycles. The Morgan fingerprint density at radius 1 is 1.11 bits per heavy atom. The van der Waals surface area contributed by atoms with Crippen molar-refractivity contribution in [2.45, 2.75) is 13.8 Å². The smallest absolute Gasteiger partial charge is 0.264 e. The van der Waals surface area contributed by atoms with Crippen molar-refractivity contribution in [1.82, 2.24) is 9.38 Å². The third-order valence-electron chi connectivity index (χ3n) is 3.83. The third kappa shape index (κ3) is 1.22. The third-order valence-corrected chi connectivity index (χ3v) is 3.83. The van der Waals surface area contributed by atoms with E-state index in [-0.39, 0.29) is 5.69 Å². The van der Waals surface area contributed by atoms with E-state index in [2.05, 4.69) is 30.1 Å². The summed E-state index contributed by atoms with van der Waals surface area (Å²) >= 11 is 0. The standard InChI is InChI=1S/C16H12N2O/c1-9-8-10(2)18-15-12(9)7-6-11-4-3-5-13(14(11)15)17-16(18)19/h3-8H,1-2H3. The Morgan fingerprint density at radius 3 is 2.79 bits per heavy atom. The van der Waals surface area contributed by atoms with Gasteiger partial charge in [-0.25, -0.2) is 4.79 Å². The molecule has 0 spiro atoms. The number of benzene rings is 2. The molecular weight excluding hydrogens is 236 g/mol. The van der Waals surface area contributed by atoms with E-state index < -0.39 is 0 Å². The van der Waals surface area contributed by atoms with Crippen molar-refractivity contribution >= 4 is 27.2 Å². The summed E-state index contributed by atoms with van der Waals surface area (Å²) < 4.78 is 1.72. The van der Waals surface area contributed by atoms with Gasteiger partial charge in [-0.3, -0.25) is 4.40 Å². The van der Waals surface area contributed by atoms with Gasteiger partial charge in [0, 0.05) is 16.5 Å². The summed E-state index contributed by atoms with van der Waals surface area (Å²) in [6.07, 6.45) is 0. The van der Waals surface area contributed by atoms with Crippen LogP contribution in [-0.4, -0.2) is 9.38 Å². The van der Waals surface area contributed by atoms with Crippen LogP contribution in [0.15, 0.2) is 41.2 Å². The van der Waals surface area contributed by atoms with Gasteiger partial charge in [0.1, 0.15) is 0 Å². The lowest BCUT2D eigenvalue weighted by Crippen LogP contribution is -2.20. The molecular formula is C16H12N2O. The summed E-state index contributed by atoms with van der Waals surface area (Å²) in [4.78, 5) is 16.4. The first kappa shape index (κ1) is 10.5. The molecule has 0 atom stereocenters. The minimum Gasteiger partial charge on any atom is -0.264 e. The van der Waals surface area contributed by atoms with Crippen LogP contribution < -0.4 is 5.69 Å². The van der Waals surface area contributed by atoms with Crippen LogP contribution in [0.3, 0.4) is 0 Å². The highest BCUT2D eigenvalue weighted by Crippen LogP contribution is 2.30. The second-order valence-corrected chi connectivity index (χ2v) is 5.04. The molecule has 0 bridgehead atoms. The molecule has 0 aliphatic rings. The molecule has 92 valence electrons. The molecule has 0 radical (unpaired) electrons. The minimum atomic E-state index is -0.200. The van der Waals surface area contributed by atoms with Crippen LogP contribution in [0.25, 0.3) is 27.2 Å². The first-order valence-electron chi connectivity index (χ1n) is 6.30. The molecule has 3 nitrogen and oxygen atoms in total. The van der Waals surface area contributed by atoms with Crippen LogP contribution in [0.4, 0.5) is 0 Å². The van der Waals surface area contributed by atoms with Crippen molar-refractivity contribution in [3.63, 3.8) is 0 Å². The summed E-state index contributed by atoms with van der Waals surface area (Å²) in [5.74, 6) is 0. The number of nitrogens with zero attached hydrogens (tertiary/aromatic N) is 2. The van der Waals surface area contributed by atoms with Crippen LogP contribution in [0, 0.1) is 13.8 Å². The molecule has 4 rings (SSSR count). The van der Waals surface area contributed by atoms with Crippen molar-refractivity contribution in [3.05, 3.63) is 58.1 Å². The number of rotatable bonds is 0. The van der Waals surface area contributed by atoms with E-state index in [1.807, 2.05) is 25.1 Å². The predicted molar refractivity (Wildman–Crippen MR) is 77.1 cm³/mol. The normalized spacial score (nSPS) is 11.9. The highest BCUT2D eigenvalue weighted by atomic mass is 16.1. The zero-order valence-corrected chi connectivity index (χ0v) is 10.8. The second-order valence-electron chi connectivity index (χ2n) is 5.04. The quantitative estimate of drug-likeness (QED) is 0.448. The van der Waals surface area contributed by atoms with E-state index in [0.717, 1.165) is 32.9 Å². The largest absolute Gasteiger partial charge is 0.352 e. The van der Waals surface area contributed by atoms with E-state index in [1.165, 1.54) is 5.56 Å². The lowest BCUT2D eigenvalue weighted by molar-refractivity contribution is 0.973. The topological polar surface area (TPSA) is 34.4 Å². The molecule has 0 saturated carbocycles. The van der Waals surface area contributed by atoms with Crippen molar-refractivity contribution in [2.24, 2.45) is 0 Å². The Morgan fingerprint density at radius 2 is 1.95 bits per heavy atom. The first-order chi connectivity index (χ1) is 9.16. The summed E-state index contributed by atoms with van der Waals surface area (Å²) in [7, 11) is 0. The van der Waals surface area contributed by atoms with Gasteiger partial charge in [-0.15, -0.1) is 0 Å². The molecule has 0 amide bonds. The van der Waals surface area contributed by atoms with Gasteiger partial charge in [0.15, 0.2) is 0 Å². The van der Waals surface area contributed by atoms with Crippen molar-refractivity contribution < 1.29 is 0 Å². The first-order valence-corrected chi connectivity index (χ1v) is 6.30. The number of pyridine rings is 1. The fourth-order valence-electron chi connectivity index (χ4n) is 3.02. The Hall–Kier alpha value is -2.42. The summed E-state index contributed by atoms with van der Waals surface area (Å²) in [6.45, 7) is 4.03. The highest BCUT2D eigenvalue weighted by Gasteiger charge is 2.13. The Balaban J connectivity index is 2.54. The zero-order valence-electron chi connectivity index (χ0n) is 10.8. The van der Waals surface area contributed by atoms with Crippen LogP contribution in [0.2, 0.25) is 0 Å². The Kier molecular flexibility index (Phi) is 1.83. The molecule has 4 aromatic rings. The summed E-state index contributed by atoms with van der Waals surface area (Å²) in [5, 5.41) is 3.32. The van der Waals surface area contributed by atoms with E-state index in [1.54, 1.807) is 4.40 Å². The van der Waals surface area contributed by atoms with Gasteiger partial charge in [0.05, 0.1) is 11.0 Å². The van der Waals surface area contributed by atoms with E-state index in [0.29, 0.717) is 0 Å². The molecule has 2 aromatic heterocycles. The average molecular weight is 248 g/mol. The van der Waals surface area contributed by atoms with Gasteiger partial charge >= 0.3 is 5.69 Å². The van der Waals surface area contributed by atoms with Crippen molar-refractivity contribution in [1.29, 1.82) is 0 Å². The highest BCUT2D eigenvalue weighted by molar-refractivity contribution is 6.14. The monoisotopic (exact) mass is 248 g/mol. The molecule has 0 N–H and O–H groups in total. The van der Waals surface area contributed by atoms with Crippen LogP contribution in [-0.2, 0) is 0 Å². The average Bonchev–Trinajstić information content (AvgIpc) is 2.38. The van der Waals surface area contributed by atoms with Gasteiger partial charge in [-0.2, -0.15) is 4.98 Å². The zero-order chi connectivity index (χ0) is 13.1. The van der Waals surface area contributed by atoms with Gasteiger partial charge in [0.2, 0.25) is 0 Å². The minimum absolute atomic E-state index is 0.200. The van der Waals surface area contributed by atoms with Gasteiger partial charge in [0.25, 0.3) is 0 Å². The molecule has 0 saturated heterocycles. The molecule has 2 aromatic carbocycles. The van der Waals surface area contributed by atoms with Crippen LogP contribution in [0.1, 0.15) is 11.3 Å². The molecule has 0 fully saturated rings. The number of hydrogen-bond acceptors (Lipinski definition) is 2. The summed E-state index contributed by atoms with van der Waals surface area (Å²) in [6, 6.07) is 12.1. The fourth-order valence-corrected chi connectivity index (χ4v) is 3.02. The van der Waals surface area contributed by atoms with Crippen molar-refractivity contribution in [3.8, 4) is 0 Å². The van der Waals surface area contributed by atoms with Crippen molar-refractivity contribution in [2.75, 3.05) is 0 Å². The molecule has 3 heteroatoms. The molecule has 0 unspecified atom stereocenters. The Labute approximate surface area is 109 Å². The number of aryl methyl sites for hydroxylation is 2. The summed E-state index contributed by atoms with van der Waals surface area (Å²) in [5.41, 5.74) is 3.69. The van der Waals surface area contributed by atoms with Gasteiger partial charge in [-0.1, -0.05) is 24.3 Å². The van der Waals surface area contributed by atoms with E-state index in [9.17, 15) is 4.79 Å². The van der Waals surface area contributed by atoms with Gasteiger partial charge < -0.3 is 0 Å². The number of aromatic nitrogens is 2. The molecule has 19 heavy (non-hydrogen) atoms. The maximum absolute atomic E-state index is 12.2. The molecule has 0 aliphatic heterocycles. The fraction of sp³-hybridized carbons (Fsp3) is 0.125. The van der Waals surface area contributed by atoms with Crippen LogP contribution in [0.5, 0.6) is 0 Å². The SMILES string of the molecule is Cc1cc(C)n2c(=O)nc3cccc4ccc1c2c43. The maximum Gasteiger partial charge on any atom is 0.352 e. The predicted octanol–water partition coefficient (Wildman–Crippen LogP) is 3.06. The lowest BCUT2D eigenvalue weighted by Gasteiger charge is -2.14. The Bertz CT molecular complexity index is 998. The maximum atomic E-state index is 12.2. The molecule has 2 heterocycles. The van der Waals surface area contributed by atoms with Crippen LogP contribution >= 0.6 is 0 Å². The number of hydrogen-bond donors (Lipinski definition) is 0. The van der Waals surface area contributed by atoms with Gasteiger partial charge in [-0.05, 0) is 36.9 Å². The lowest BCUT2D eigenvalue weighted by atomic mass is 10.0. The van der Waals surface area contributed by atoms with E-state index >= 15 is 0 Å². The second kappa shape index (κ2) is 3.32.